The van der Waals surface area contributed by atoms with Crippen molar-refractivity contribution in [1.82, 2.24) is 5.32 Å². The van der Waals surface area contributed by atoms with Gasteiger partial charge in [0.25, 0.3) is 0 Å². The first-order chi connectivity index (χ1) is 9.91. The highest BCUT2D eigenvalue weighted by molar-refractivity contribution is 5.64. The predicted molar refractivity (Wildman–Crippen MR) is 79.0 cm³/mol. The molecule has 0 spiro atoms. The Morgan fingerprint density at radius 2 is 1.67 bits per heavy atom. The third-order valence-electron chi connectivity index (χ3n) is 3.44. The molecule has 1 atom stereocenters. The van der Waals surface area contributed by atoms with Crippen LogP contribution in [0.3, 0.4) is 0 Å². The number of nitrogens with one attached hydrogen (secondary N) is 1. The number of hydrogen-bond acceptors (Lipinski definition) is 1. The molecule has 0 saturated carbocycles. The zero-order chi connectivity index (χ0) is 15.5. The summed E-state index contributed by atoms with van der Waals surface area (Å²) in [4.78, 5) is 0. The third kappa shape index (κ3) is 3.85. The van der Waals surface area contributed by atoms with Crippen molar-refractivity contribution in [2.45, 2.75) is 26.1 Å². The fraction of sp³-hybridized carbons (Fsp3) is 0.294. The molecule has 4 heteroatoms. The molecule has 112 valence electrons. The predicted octanol–water partition coefficient (Wildman–Crippen LogP) is 5.04. The highest BCUT2D eigenvalue weighted by Gasteiger charge is 2.30. The van der Waals surface area contributed by atoms with Gasteiger partial charge in [0.05, 0.1) is 5.56 Å². The lowest BCUT2D eigenvalue weighted by atomic mass is 10.00. The van der Waals surface area contributed by atoms with Crippen LogP contribution < -0.4 is 5.32 Å². The van der Waals surface area contributed by atoms with Gasteiger partial charge in [0.2, 0.25) is 0 Å². The van der Waals surface area contributed by atoms with Gasteiger partial charge in [-0.3, -0.25) is 0 Å². The van der Waals surface area contributed by atoms with Gasteiger partial charge in [-0.05, 0) is 42.3 Å². The third-order valence-corrected chi connectivity index (χ3v) is 3.44. The molecule has 0 radical (unpaired) electrons. The first-order valence-electron chi connectivity index (χ1n) is 6.93. The van der Waals surface area contributed by atoms with Crippen molar-refractivity contribution in [3.05, 3.63) is 59.7 Å². The molecular formula is C17H18F3N. The molecule has 0 heterocycles. The van der Waals surface area contributed by atoms with Gasteiger partial charge in [-0.2, -0.15) is 13.2 Å². The average Bonchev–Trinajstić information content (AvgIpc) is 2.47. The maximum absolute atomic E-state index is 12.7. The Kier molecular flexibility index (Phi) is 4.68. The highest BCUT2D eigenvalue weighted by Crippen LogP contribution is 2.32. The Morgan fingerprint density at radius 3 is 2.24 bits per heavy atom. The molecule has 1 nitrogen and oxygen atoms in total. The van der Waals surface area contributed by atoms with Crippen LogP contribution in [0.15, 0.2) is 48.5 Å². The van der Waals surface area contributed by atoms with E-state index in [9.17, 15) is 13.2 Å². The normalized spacial score (nSPS) is 13.2. The van der Waals surface area contributed by atoms with Crippen molar-refractivity contribution >= 4 is 0 Å². The summed E-state index contributed by atoms with van der Waals surface area (Å²) in [6.07, 6.45) is -4.31. The minimum absolute atomic E-state index is 0.227. The molecule has 0 bridgehead atoms. The van der Waals surface area contributed by atoms with Crippen LogP contribution in [0, 0.1) is 0 Å². The van der Waals surface area contributed by atoms with Crippen LogP contribution in [0.5, 0.6) is 0 Å². The molecule has 0 amide bonds. The zero-order valence-electron chi connectivity index (χ0n) is 12.0. The first-order valence-corrected chi connectivity index (χ1v) is 6.93. The molecule has 0 saturated heterocycles. The summed E-state index contributed by atoms with van der Waals surface area (Å²) in [6.45, 7) is 4.97. The van der Waals surface area contributed by atoms with Crippen molar-refractivity contribution in [3.8, 4) is 11.1 Å². The fourth-order valence-corrected chi connectivity index (χ4v) is 2.26. The van der Waals surface area contributed by atoms with Gasteiger partial charge in [0, 0.05) is 6.04 Å². The molecule has 2 rings (SSSR count). The van der Waals surface area contributed by atoms with Gasteiger partial charge in [0.15, 0.2) is 0 Å². The van der Waals surface area contributed by atoms with Crippen molar-refractivity contribution in [2.75, 3.05) is 6.54 Å². The molecule has 0 fully saturated rings. The number of rotatable bonds is 4. The second-order valence-electron chi connectivity index (χ2n) is 4.98. The van der Waals surface area contributed by atoms with Gasteiger partial charge in [-0.15, -0.1) is 0 Å². The lowest BCUT2D eigenvalue weighted by Crippen LogP contribution is -2.17. The van der Waals surface area contributed by atoms with E-state index in [0.29, 0.717) is 5.56 Å². The molecule has 1 N–H and O–H groups in total. The highest BCUT2D eigenvalue weighted by atomic mass is 19.4. The van der Waals surface area contributed by atoms with Crippen LogP contribution in [-0.4, -0.2) is 6.54 Å². The lowest BCUT2D eigenvalue weighted by molar-refractivity contribution is -0.137. The average molecular weight is 293 g/mol. The number of benzene rings is 2. The Morgan fingerprint density at radius 1 is 1.00 bits per heavy atom. The lowest BCUT2D eigenvalue weighted by Gasteiger charge is -2.13. The van der Waals surface area contributed by atoms with E-state index in [4.69, 9.17) is 0 Å². The summed E-state index contributed by atoms with van der Waals surface area (Å²) in [5.74, 6) is 0. The molecule has 0 aliphatic rings. The Hall–Kier alpha value is -1.81. The second kappa shape index (κ2) is 6.31. The molecule has 2 aromatic rings. The summed E-state index contributed by atoms with van der Waals surface area (Å²) in [7, 11) is 0. The fourth-order valence-electron chi connectivity index (χ4n) is 2.26. The zero-order valence-corrected chi connectivity index (χ0v) is 12.0. The van der Waals surface area contributed by atoms with Crippen molar-refractivity contribution in [3.63, 3.8) is 0 Å². The molecule has 2 aromatic carbocycles. The topological polar surface area (TPSA) is 12.0 Å². The van der Waals surface area contributed by atoms with E-state index in [1.165, 1.54) is 12.1 Å². The van der Waals surface area contributed by atoms with Gasteiger partial charge in [-0.25, -0.2) is 0 Å². The van der Waals surface area contributed by atoms with E-state index in [0.717, 1.165) is 23.7 Å². The second-order valence-corrected chi connectivity index (χ2v) is 4.98. The van der Waals surface area contributed by atoms with Gasteiger partial charge >= 0.3 is 6.18 Å². The van der Waals surface area contributed by atoms with E-state index < -0.39 is 11.7 Å². The Labute approximate surface area is 122 Å². The van der Waals surface area contributed by atoms with Gasteiger partial charge in [0.1, 0.15) is 0 Å². The van der Waals surface area contributed by atoms with Crippen LogP contribution in [0.1, 0.15) is 31.0 Å². The maximum atomic E-state index is 12.7. The quantitative estimate of drug-likeness (QED) is 0.832. The van der Waals surface area contributed by atoms with E-state index in [1.807, 2.05) is 31.2 Å². The van der Waals surface area contributed by atoms with Crippen LogP contribution >= 0.6 is 0 Å². The van der Waals surface area contributed by atoms with Crippen LogP contribution in [0.2, 0.25) is 0 Å². The Bertz CT molecular complexity index is 588. The van der Waals surface area contributed by atoms with Crippen LogP contribution in [0.4, 0.5) is 13.2 Å². The van der Waals surface area contributed by atoms with E-state index >= 15 is 0 Å². The number of alkyl halides is 3. The minimum atomic E-state index is -4.31. The summed E-state index contributed by atoms with van der Waals surface area (Å²) in [6, 6.07) is 13.2. The maximum Gasteiger partial charge on any atom is 0.416 e. The standard InChI is InChI=1S/C17H18F3N/c1-3-21-12(2)13-7-9-14(10-8-13)15-5-4-6-16(11-15)17(18,19)20/h4-12,21H,3H2,1-2H3. The van der Waals surface area contributed by atoms with Crippen molar-refractivity contribution in [1.29, 1.82) is 0 Å². The largest absolute Gasteiger partial charge is 0.416 e. The number of hydrogen-bond donors (Lipinski definition) is 1. The number of halogens is 3. The van der Waals surface area contributed by atoms with E-state index in [2.05, 4.69) is 12.2 Å². The van der Waals surface area contributed by atoms with Crippen LogP contribution in [-0.2, 0) is 6.18 Å². The minimum Gasteiger partial charge on any atom is -0.310 e. The summed E-state index contributed by atoms with van der Waals surface area (Å²) < 4.78 is 38.2. The van der Waals surface area contributed by atoms with E-state index in [-0.39, 0.29) is 6.04 Å². The Balaban J connectivity index is 2.27. The molecule has 21 heavy (non-hydrogen) atoms. The molecule has 1 unspecified atom stereocenters. The van der Waals surface area contributed by atoms with Gasteiger partial charge in [-0.1, -0.05) is 43.3 Å². The summed E-state index contributed by atoms with van der Waals surface area (Å²) in [5, 5.41) is 3.30. The molecule has 0 aliphatic carbocycles. The van der Waals surface area contributed by atoms with E-state index in [1.54, 1.807) is 6.07 Å². The first kappa shape index (κ1) is 15.6. The smallest absolute Gasteiger partial charge is 0.310 e. The molecule has 0 aromatic heterocycles. The monoisotopic (exact) mass is 293 g/mol. The summed E-state index contributed by atoms with van der Waals surface area (Å²) >= 11 is 0. The van der Waals surface area contributed by atoms with Crippen molar-refractivity contribution < 1.29 is 13.2 Å². The van der Waals surface area contributed by atoms with Crippen molar-refractivity contribution in [2.24, 2.45) is 0 Å². The van der Waals surface area contributed by atoms with Crippen LogP contribution in [0.25, 0.3) is 11.1 Å². The molecule has 0 aliphatic heterocycles. The summed E-state index contributed by atoms with van der Waals surface area (Å²) in [5.41, 5.74) is 1.86. The SMILES string of the molecule is CCNC(C)c1ccc(-c2cccc(C(F)(F)F)c2)cc1. The van der Waals surface area contributed by atoms with Gasteiger partial charge < -0.3 is 5.32 Å². The molecular weight excluding hydrogens is 275 g/mol.